The van der Waals surface area contributed by atoms with E-state index in [2.05, 4.69) is 0 Å². The van der Waals surface area contributed by atoms with E-state index < -0.39 is 0 Å². The van der Waals surface area contributed by atoms with Crippen molar-refractivity contribution in [3.63, 3.8) is 0 Å². The molecule has 1 aromatic carbocycles. The standard InChI is InChI=1S/C16H20N2O5/c1-21-10-15(19)17-6-5-12-9-23-16(20)18(12)14-4-3-13(22-2)7-11(14)8-17/h3-4,7,12H,5-6,8-10H2,1-2H3. The predicted molar refractivity (Wildman–Crippen MR) is 82.5 cm³/mol. The molecule has 7 heteroatoms. The summed E-state index contributed by atoms with van der Waals surface area (Å²) in [6, 6.07) is 5.45. The van der Waals surface area contributed by atoms with Crippen LogP contribution in [0.4, 0.5) is 10.5 Å². The predicted octanol–water partition coefficient (Wildman–Crippen LogP) is 1.40. The zero-order valence-electron chi connectivity index (χ0n) is 13.3. The number of rotatable bonds is 3. The topological polar surface area (TPSA) is 68.3 Å². The van der Waals surface area contributed by atoms with Crippen LogP contribution in [0.25, 0.3) is 0 Å². The molecule has 3 rings (SSSR count). The van der Waals surface area contributed by atoms with Crippen molar-refractivity contribution >= 4 is 17.7 Å². The minimum absolute atomic E-state index is 0.0448. The minimum atomic E-state index is -0.335. The van der Waals surface area contributed by atoms with Gasteiger partial charge in [-0.15, -0.1) is 0 Å². The Bertz CT molecular complexity index is 618. The maximum Gasteiger partial charge on any atom is 0.414 e. The monoisotopic (exact) mass is 320 g/mol. The smallest absolute Gasteiger partial charge is 0.414 e. The largest absolute Gasteiger partial charge is 0.497 e. The van der Waals surface area contributed by atoms with E-state index in [-0.39, 0.29) is 24.6 Å². The van der Waals surface area contributed by atoms with Crippen molar-refractivity contribution in [2.45, 2.75) is 19.0 Å². The molecule has 1 saturated heterocycles. The van der Waals surface area contributed by atoms with Gasteiger partial charge in [0.15, 0.2) is 0 Å². The van der Waals surface area contributed by atoms with E-state index in [0.717, 1.165) is 11.3 Å². The molecular formula is C16H20N2O5. The molecule has 1 aromatic rings. The molecule has 7 nitrogen and oxygen atoms in total. The molecule has 1 unspecified atom stereocenters. The molecule has 23 heavy (non-hydrogen) atoms. The maximum atomic E-state index is 12.2. The summed E-state index contributed by atoms with van der Waals surface area (Å²) < 4.78 is 15.4. The molecule has 0 spiro atoms. The van der Waals surface area contributed by atoms with Gasteiger partial charge >= 0.3 is 6.09 Å². The van der Waals surface area contributed by atoms with Gasteiger partial charge in [-0.25, -0.2) is 4.79 Å². The van der Waals surface area contributed by atoms with E-state index in [1.54, 1.807) is 16.9 Å². The van der Waals surface area contributed by atoms with E-state index in [4.69, 9.17) is 14.2 Å². The number of hydrogen-bond donors (Lipinski definition) is 0. The van der Waals surface area contributed by atoms with E-state index in [9.17, 15) is 9.59 Å². The summed E-state index contributed by atoms with van der Waals surface area (Å²) in [6.45, 7) is 1.35. The number of nitrogens with zero attached hydrogens (tertiary/aromatic N) is 2. The Morgan fingerprint density at radius 2 is 2.22 bits per heavy atom. The van der Waals surface area contributed by atoms with Gasteiger partial charge in [-0.1, -0.05) is 0 Å². The summed E-state index contributed by atoms with van der Waals surface area (Å²) in [6.07, 6.45) is 0.338. The van der Waals surface area contributed by atoms with Gasteiger partial charge in [-0.2, -0.15) is 0 Å². The third-order valence-electron chi connectivity index (χ3n) is 4.22. The van der Waals surface area contributed by atoms with Crippen LogP contribution in [0.15, 0.2) is 18.2 Å². The highest BCUT2D eigenvalue weighted by molar-refractivity contribution is 5.91. The summed E-state index contributed by atoms with van der Waals surface area (Å²) in [4.78, 5) is 27.8. The summed E-state index contributed by atoms with van der Waals surface area (Å²) in [7, 11) is 3.09. The molecule has 2 heterocycles. The lowest BCUT2D eigenvalue weighted by atomic mass is 10.0. The van der Waals surface area contributed by atoms with Gasteiger partial charge in [0.2, 0.25) is 5.91 Å². The van der Waals surface area contributed by atoms with Crippen LogP contribution in [-0.4, -0.2) is 56.9 Å². The molecule has 0 saturated carbocycles. The van der Waals surface area contributed by atoms with Gasteiger partial charge in [0.1, 0.15) is 19.0 Å². The molecule has 0 radical (unpaired) electrons. The fourth-order valence-corrected chi connectivity index (χ4v) is 3.04. The Morgan fingerprint density at radius 3 is 2.96 bits per heavy atom. The van der Waals surface area contributed by atoms with Gasteiger partial charge in [0.05, 0.1) is 18.8 Å². The summed E-state index contributed by atoms with van der Waals surface area (Å²) >= 11 is 0. The highest BCUT2D eigenvalue weighted by Gasteiger charge is 2.37. The van der Waals surface area contributed by atoms with Crippen LogP contribution in [0.5, 0.6) is 5.75 Å². The number of ether oxygens (including phenoxy) is 3. The van der Waals surface area contributed by atoms with Crippen molar-refractivity contribution in [3.05, 3.63) is 23.8 Å². The average molecular weight is 320 g/mol. The lowest BCUT2D eigenvalue weighted by Gasteiger charge is -2.32. The van der Waals surface area contributed by atoms with E-state index in [1.807, 2.05) is 18.2 Å². The number of benzene rings is 1. The second-order valence-electron chi connectivity index (χ2n) is 5.63. The number of fused-ring (bicyclic) bond motifs is 3. The van der Waals surface area contributed by atoms with Crippen molar-refractivity contribution in [2.75, 3.05) is 38.9 Å². The van der Waals surface area contributed by atoms with Gasteiger partial charge in [-0.05, 0) is 30.2 Å². The van der Waals surface area contributed by atoms with Gasteiger partial charge in [0, 0.05) is 20.2 Å². The highest BCUT2D eigenvalue weighted by atomic mass is 16.6. The molecule has 2 aliphatic rings. The zero-order valence-corrected chi connectivity index (χ0v) is 13.3. The van der Waals surface area contributed by atoms with Crippen LogP contribution in [0, 0.1) is 0 Å². The van der Waals surface area contributed by atoms with Crippen molar-refractivity contribution < 1.29 is 23.8 Å². The van der Waals surface area contributed by atoms with Crippen LogP contribution in [0.2, 0.25) is 0 Å². The van der Waals surface area contributed by atoms with Crippen molar-refractivity contribution in [3.8, 4) is 5.75 Å². The Balaban J connectivity index is 1.99. The van der Waals surface area contributed by atoms with Gasteiger partial charge in [-0.3, -0.25) is 9.69 Å². The fourth-order valence-electron chi connectivity index (χ4n) is 3.04. The molecular weight excluding hydrogens is 300 g/mol. The van der Waals surface area contributed by atoms with Crippen LogP contribution >= 0.6 is 0 Å². The molecule has 0 N–H and O–H groups in total. The molecule has 0 aliphatic carbocycles. The lowest BCUT2D eigenvalue weighted by Crippen LogP contribution is -2.42. The number of carbonyl (C=O) groups is 2. The number of methoxy groups -OCH3 is 2. The average Bonchev–Trinajstić information content (AvgIpc) is 2.89. The SMILES string of the molecule is COCC(=O)N1CCC2COC(=O)N2c2ccc(OC)cc2C1. The first-order valence-corrected chi connectivity index (χ1v) is 7.53. The van der Waals surface area contributed by atoms with E-state index in [1.165, 1.54) is 7.11 Å². The first-order chi connectivity index (χ1) is 11.1. The van der Waals surface area contributed by atoms with Crippen LogP contribution in [0.1, 0.15) is 12.0 Å². The second kappa shape index (κ2) is 6.45. The molecule has 1 fully saturated rings. The highest BCUT2D eigenvalue weighted by Crippen LogP contribution is 2.33. The molecule has 2 amide bonds. The van der Waals surface area contributed by atoms with Crippen LogP contribution in [0.3, 0.4) is 0 Å². The number of amides is 2. The third-order valence-corrected chi connectivity index (χ3v) is 4.22. The fraction of sp³-hybridized carbons (Fsp3) is 0.500. The summed E-state index contributed by atoms with van der Waals surface area (Å²) in [5.41, 5.74) is 1.63. The molecule has 1 atom stereocenters. The quantitative estimate of drug-likeness (QED) is 0.842. The van der Waals surface area contributed by atoms with Gasteiger partial charge < -0.3 is 19.1 Å². The van der Waals surface area contributed by atoms with Gasteiger partial charge in [0.25, 0.3) is 0 Å². The summed E-state index contributed by atoms with van der Waals surface area (Å²) in [5, 5.41) is 0. The second-order valence-corrected chi connectivity index (χ2v) is 5.63. The number of hydrogen-bond acceptors (Lipinski definition) is 5. The number of anilines is 1. The van der Waals surface area contributed by atoms with Crippen molar-refractivity contribution in [2.24, 2.45) is 0 Å². The van der Waals surface area contributed by atoms with E-state index >= 15 is 0 Å². The Hall–Kier alpha value is -2.28. The number of carbonyl (C=O) groups excluding carboxylic acids is 2. The summed E-state index contributed by atoms with van der Waals surface area (Å²) in [5.74, 6) is 0.618. The number of cyclic esters (lactones) is 1. The first-order valence-electron chi connectivity index (χ1n) is 7.53. The Kier molecular flexibility index (Phi) is 4.38. The maximum absolute atomic E-state index is 12.2. The third kappa shape index (κ3) is 2.96. The van der Waals surface area contributed by atoms with Crippen LogP contribution in [-0.2, 0) is 20.8 Å². The van der Waals surface area contributed by atoms with E-state index in [0.29, 0.717) is 31.9 Å². The van der Waals surface area contributed by atoms with Crippen molar-refractivity contribution in [1.29, 1.82) is 0 Å². The normalized spacial score (nSPS) is 20.3. The Labute approximate surface area is 134 Å². The minimum Gasteiger partial charge on any atom is -0.497 e. The molecule has 124 valence electrons. The zero-order chi connectivity index (χ0) is 16.4. The molecule has 2 aliphatic heterocycles. The van der Waals surface area contributed by atoms with Crippen LogP contribution < -0.4 is 9.64 Å². The first kappa shape index (κ1) is 15.6. The Morgan fingerprint density at radius 1 is 1.39 bits per heavy atom. The van der Waals surface area contributed by atoms with Crippen molar-refractivity contribution in [1.82, 2.24) is 4.90 Å². The lowest BCUT2D eigenvalue weighted by molar-refractivity contribution is -0.135. The molecule has 0 aromatic heterocycles. The molecule has 0 bridgehead atoms.